The second-order valence-corrected chi connectivity index (χ2v) is 5.10. The van der Waals surface area contributed by atoms with E-state index in [0.29, 0.717) is 18.5 Å². The van der Waals surface area contributed by atoms with E-state index in [1.54, 1.807) is 6.07 Å². The molecule has 1 fully saturated rings. The van der Waals surface area contributed by atoms with Crippen molar-refractivity contribution in [3.63, 3.8) is 0 Å². The Morgan fingerprint density at radius 3 is 3.10 bits per heavy atom. The average molecular weight is 287 g/mol. The van der Waals surface area contributed by atoms with Crippen LogP contribution in [0.15, 0.2) is 18.2 Å². The lowest BCUT2D eigenvalue weighted by atomic mass is 10.0. The highest BCUT2D eigenvalue weighted by molar-refractivity contribution is 5.96. The number of hydrogen-bond donors (Lipinski definition) is 2. The molecular formula is C17H21NO3. The maximum absolute atomic E-state index is 12.2. The highest BCUT2D eigenvalue weighted by atomic mass is 16.5. The molecule has 1 atom stereocenters. The van der Waals surface area contributed by atoms with E-state index in [-0.39, 0.29) is 18.6 Å². The van der Waals surface area contributed by atoms with Crippen LogP contribution in [0.2, 0.25) is 0 Å². The number of carbonyl (C=O) groups is 1. The van der Waals surface area contributed by atoms with Crippen molar-refractivity contribution in [1.29, 1.82) is 0 Å². The molecule has 112 valence electrons. The molecule has 0 saturated carbocycles. The zero-order valence-corrected chi connectivity index (χ0v) is 12.3. The maximum atomic E-state index is 12.2. The van der Waals surface area contributed by atoms with Crippen molar-refractivity contribution in [3.05, 3.63) is 34.9 Å². The fourth-order valence-electron chi connectivity index (χ4n) is 2.34. The van der Waals surface area contributed by atoms with Gasteiger partial charge in [0.05, 0.1) is 12.7 Å². The van der Waals surface area contributed by atoms with Crippen molar-refractivity contribution < 1.29 is 14.6 Å². The van der Waals surface area contributed by atoms with Crippen molar-refractivity contribution in [2.24, 2.45) is 0 Å². The normalized spacial score (nSPS) is 17.1. The van der Waals surface area contributed by atoms with Crippen LogP contribution in [0, 0.1) is 18.8 Å². The molecule has 0 aromatic heterocycles. The molecule has 2 rings (SSSR count). The lowest BCUT2D eigenvalue weighted by Gasteiger charge is -2.12. The van der Waals surface area contributed by atoms with E-state index in [2.05, 4.69) is 17.2 Å². The van der Waals surface area contributed by atoms with Crippen LogP contribution in [0.25, 0.3) is 0 Å². The van der Waals surface area contributed by atoms with Gasteiger partial charge in [-0.1, -0.05) is 17.9 Å². The lowest BCUT2D eigenvalue weighted by molar-refractivity contribution is 0.0857. The first-order valence-corrected chi connectivity index (χ1v) is 7.31. The largest absolute Gasteiger partial charge is 0.395 e. The number of ether oxygens (including phenoxy) is 1. The van der Waals surface area contributed by atoms with E-state index in [9.17, 15) is 4.79 Å². The Labute approximate surface area is 125 Å². The first-order valence-electron chi connectivity index (χ1n) is 7.31. The highest BCUT2D eigenvalue weighted by Gasteiger charge is 2.17. The summed E-state index contributed by atoms with van der Waals surface area (Å²) in [5.74, 6) is 5.79. The number of nitrogens with one attached hydrogen (secondary N) is 1. The fourth-order valence-corrected chi connectivity index (χ4v) is 2.34. The summed E-state index contributed by atoms with van der Waals surface area (Å²) in [6.45, 7) is 3.28. The summed E-state index contributed by atoms with van der Waals surface area (Å²) in [5, 5.41) is 11.7. The van der Waals surface area contributed by atoms with Crippen LogP contribution >= 0.6 is 0 Å². The first kappa shape index (κ1) is 15.6. The van der Waals surface area contributed by atoms with Crippen molar-refractivity contribution >= 4 is 5.91 Å². The molecule has 1 aromatic carbocycles. The van der Waals surface area contributed by atoms with Gasteiger partial charge in [-0.15, -0.1) is 0 Å². The van der Waals surface area contributed by atoms with Gasteiger partial charge in [-0.3, -0.25) is 4.79 Å². The van der Waals surface area contributed by atoms with Gasteiger partial charge in [-0.25, -0.2) is 0 Å². The van der Waals surface area contributed by atoms with Gasteiger partial charge in [0.2, 0.25) is 0 Å². The molecule has 1 aliphatic heterocycles. The molecular weight excluding hydrogens is 266 g/mol. The molecule has 0 bridgehead atoms. The summed E-state index contributed by atoms with van der Waals surface area (Å²) in [4.78, 5) is 12.2. The van der Waals surface area contributed by atoms with Crippen LogP contribution in [-0.2, 0) is 4.74 Å². The molecule has 21 heavy (non-hydrogen) atoms. The van der Waals surface area contributed by atoms with Gasteiger partial charge in [0.15, 0.2) is 0 Å². The van der Waals surface area contributed by atoms with E-state index >= 15 is 0 Å². The van der Waals surface area contributed by atoms with E-state index in [1.165, 1.54) is 0 Å². The Hall–Kier alpha value is -1.83. The average Bonchev–Trinajstić information content (AvgIpc) is 3.00. The van der Waals surface area contributed by atoms with Crippen LogP contribution in [0.3, 0.4) is 0 Å². The number of aliphatic hydroxyl groups is 1. The Morgan fingerprint density at radius 1 is 1.52 bits per heavy atom. The molecule has 0 aliphatic carbocycles. The van der Waals surface area contributed by atoms with E-state index in [1.807, 2.05) is 19.1 Å². The molecule has 0 spiro atoms. The predicted octanol–water partition coefficient (Wildman–Crippen LogP) is 1.64. The predicted molar refractivity (Wildman–Crippen MR) is 81.1 cm³/mol. The van der Waals surface area contributed by atoms with Gasteiger partial charge in [-0.2, -0.15) is 0 Å². The summed E-state index contributed by atoms with van der Waals surface area (Å²) in [6.07, 6.45) is 2.65. The van der Waals surface area contributed by atoms with E-state index in [0.717, 1.165) is 30.6 Å². The topological polar surface area (TPSA) is 58.6 Å². The Bertz CT molecular complexity index is 551. The van der Waals surface area contributed by atoms with Crippen LogP contribution in [0.5, 0.6) is 0 Å². The molecule has 1 aliphatic rings. The molecule has 4 heteroatoms. The smallest absolute Gasteiger partial charge is 0.251 e. The molecule has 1 amide bonds. The Kier molecular flexibility index (Phi) is 5.79. The standard InChI is InChI=1S/C17H21NO3/c1-13-14(6-2-3-10-19)7-4-9-16(13)17(20)18-12-15-8-5-11-21-15/h4,7,9,15,19H,3,5,8,10-12H2,1H3,(H,18,20). The summed E-state index contributed by atoms with van der Waals surface area (Å²) < 4.78 is 5.50. The van der Waals surface area contributed by atoms with Crippen molar-refractivity contribution in [3.8, 4) is 11.8 Å². The Balaban J connectivity index is 2.03. The monoisotopic (exact) mass is 287 g/mol. The molecule has 0 radical (unpaired) electrons. The Morgan fingerprint density at radius 2 is 2.38 bits per heavy atom. The van der Waals surface area contributed by atoms with E-state index in [4.69, 9.17) is 9.84 Å². The van der Waals surface area contributed by atoms with Gasteiger partial charge < -0.3 is 15.2 Å². The van der Waals surface area contributed by atoms with Crippen molar-refractivity contribution in [1.82, 2.24) is 5.32 Å². The number of benzene rings is 1. The SMILES string of the molecule is Cc1c(C#CCCO)cccc1C(=O)NCC1CCCO1. The van der Waals surface area contributed by atoms with Crippen LogP contribution in [0.4, 0.5) is 0 Å². The van der Waals surface area contributed by atoms with Crippen LogP contribution in [0.1, 0.15) is 40.7 Å². The number of carbonyl (C=O) groups excluding carboxylic acids is 1. The quantitative estimate of drug-likeness (QED) is 0.828. The van der Waals surface area contributed by atoms with Gasteiger partial charge in [-0.05, 0) is 37.5 Å². The number of aliphatic hydroxyl groups excluding tert-OH is 1. The summed E-state index contributed by atoms with van der Waals surface area (Å²) in [6, 6.07) is 5.52. The molecule has 1 saturated heterocycles. The fraction of sp³-hybridized carbons (Fsp3) is 0.471. The number of hydrogen-bond acceptors (Lipinski definition) is 3. The lowest BCUT2D eigenvalue weighted by Crippen LogP contribution is -2.32. The second-order valence-electron chi connectivity index (χ2n) is 5.10. The minimum Gasteiger partial charge on any atom is -0.395 e. The first-order chi connectivity index (χ1) is 10.2. The van der Waals surface area contributed by atoms with Crippen molar-refractivity contribution in [2.45, 2.75) is 32.3 Å². The highest BCUT2D eigenvalue weighted by Crippen LogP contribution is 2.14. The third kappa shape index (κ3) is 4.32. The number of rotatable bonds is 4. The van der Waals surface area contributed by atoms with E-state index < -0.39 is 0 Å². The van der Waals surface area contributed by atoms with Gasteiger partial charge in [0, 0.05) is 30.7 Å². The van der Waals surface area contributed by atoms with Crippen LogP contribution in [-0.4, -0.2) is 36.9 Å². The minimum absolute atomic E-state index is 0.0492. The van der Waals surface area contributed by atoms with Crippen molar-refractivity contribution in [2.75, 3.05) is 19.8 Å². The summed E-state index contributed by atoms with van der Waals surface area (Å²) in [7, 11) is 0. The zero-order chi connectivity index (χ0) is 15.1. The third-order valence-corrected chi connectivity index (χ3v) is 3.55. The molecule has 2 N–H and O–H groups in total. The molecule has 1 aromatic rings. The van der Waals surface area contributed by atoms with Crippen LogP contribution < -0.4 is 5.32 Å². The molecule has 1 unspecified atom stereocenters. The second kappa shape index (κ2) is 7.82. The minimum atomic E-state index is -0.0891. The van der Waals surface area contributed by atoms with Gasteiger partial charge >= 0.3 is 0 Å². The third-order valence-electron chi connectivity index (χ3n) is 3.55. The summed E-state index contributed by atoms with van der Waals surface area (Å²) in [5.41, 5.74) is 2.34. The molecule has 1 heterocycles. The van der Waals surface area contributed by atoms with Gasteiger partial charge in [0.1, 0.15) is 0 Å². The number of amides is 1. The molecule has 4 nitrogen and oxygen atoms in total. The van der Waals surface area contributed by atoms with Gasteiger partial charge in [0.25, 0.3) is 5.91 Å². The zero-order valence-electron chi connectivity index (χ0n) is 12.3. The maximum Gasteiger partial charge on any atom is 0.251 e. The summed E-state index contributed by atoms with van der Waals surface area (Å²) >= 11 is 0.